The van der Waals surface area contributed by atoms with Gasteiger partial charge in [0.25, 0.3) is 0 Å². The van der Waals surface area contributed by atoms with E-state index in [-0.39, 0.29) is 5.69 Å². The number of rotatable bonds is 3. The van der Waals surface area contributed by atoms with Crippen molar-refractivity contribution in [3.8, 4) is 0 Å². The molecule has 1 saturated heterocycles. The van der Waals surface area contributed by atoms with Crippen LogP contribution in [-0.2, 0) is 15.7 Å². The summed E-state index contributed by atoms with van der Waals surface area (Å²) in [5.41, 5.74) is -0.0748. The Labute approximate surface area is 126 Å². The van der Waals surface area contributed by atoms with Gasteiger partial charge in [0.1, 0.15) is 0 Å². The minimum Gasteiger partial charge on any atom is -0.378 e. The summed E-state index contributed by atoms with van der Waals surface area (Å²) in [6.07, 6.45) is -1.66. The molecule has 4 nitrogen and oxygen atoms in total. The molecule has 1 fully saturated rings. The molecule has 0 aliphatic carbocycles. The van der Waals surface area contributed by atoms with E-state index in [2.05, 4.69) is 5.32 Å². The number of allylic oxidation sites excluding steroid dienone is 1. The van der Waals surface area contributed by atoms with Crippen molar-refractivity contribution in [1.82, 2.24) is 0 Å². The number of anilines is 2. The second-order valence-corrected chi connectivity index (χ2v) is 4.82. The fraction of sp³-hybridized carbons (Fsp3) is 0.400. The van der Waals surface area contributed by atoms with Gasteiger partial charge in [-0.2, -0.15) is 13.2 Å². The number of halogens is 3. The van der Waals surface area contributed by atoms with Crippen molar-refractivity contribution in [3.05, 3.63) is 35.9 Å². The van der Waals surface area contributed by atoms with Gasteiger partial charge in [-0.1, -0.05) is 6.08 Å². The van der Waals surface area contributed by atoms with Crippen LogP contribution in [0, 0.1) is 0 Å². The van der Waals surface area contributed by atoms with Crippen molar-refractivity contribution >= 4 is 17.3 Å². The predicted octanol–water partition coefficient (Wildman–Crippen LogP) is 3.06. The highest BCUT2D eigenvalue weighted by molar-refractivity contribution is 6.01. The van der Waals surface area contributed by atoms with Crippen molar-refractivity contribution in [2.24, 2.45) is 0 Å². The van der Waals surface area contributed by atoms with Crippen LogP contribution in [0.3, 0.4) is 0 Å². The lowest BCUT2D eigenvalue weighted by Crippen LogP contribution is -2.36. The van der Waals surface area contributed by atoms with Crippen molar-refractivity contribution in [2.75, 3.05) is 36.5 Å². The molecule has 1 N–H and O–H groups in total. The van der Waals surface area contributed by atoms with Gasteiger partial charge in [-0.15, -0.1) is 0 Å². The smallest absolute Gasteiger partial charge is 0.378 e. The predicted molar refractivity (Wildman–Crippen MR) is 77.9 cm³/mol. The van der Waals surface area contributed by atoms with E-state index in [4.69, 9.17) is 4.74 Å². The Kier molecular flexibility index (Phi) is 5.07. The quantitative estimate of drug-likeness (QED) is 0.872. The van der Waals surface area contributed by atoms with Crippen molar-refractivity contribution in [3.63, 3.8) is 0 Å². The minimum atomic E-state index is -4.45. The summed E-state index contributed by atoms with van der Waals surface area (Å²) in [6.45, 7) is 3.80. The highest BCUT2D eigenvalue weighted by Crippen LogP contribution is 2.35. The molecule has 1 amide bonds. The second kappa shape index (κ2) is 6.83. The average molecular weight is 314 g/mol. The molecule has 0 atom stereocenters. The SMILES string of the molecule is C/C=C\C(=O)Nc1cc(C(F)(F)F)ccc1N1CCOCC1. The number of amides is 1. The second-order valence-electron chi connectivity index (χ2n) is 4.82. The summed E-state index contributed by atoms with van der Waals surface area (Å²) in [7, 11) is 0. The Morgan fingerprint density at radius 3 is 2.59 bits per heavy atom. The van der Waals surface area contributed by atoms with Gasteiger partial charge in [0.05, 0.1) is 30.2 Å². The molecular formula is C15H17F3N2O2. The number of ether oxygens (including phenoxy) is 1. The first-order valence-electron chi connectivity index (χ1n) is 6.89. The Morgan fingerprint density at radius 1 is 1.32 bits per heavy atom. The molecule has 1 aromatic carbocycles. The Hall–Kier alpha value is -2.02. The molecule has 120 valence electrons. The maximum atomic E-state index is 12.9. The molecule has 0 unspecified atom stereocenters. The third kappa shape index (κ3) is 4.00. The van der Waals surface area contributed by atoms with Crippen molar-refractivity contribution < 1.29 is 22.7 Å². The maximum absolute atomic E-state index is 12.9. The number of nitrogens with zero attached hydrogens (tertiary/aromatic N) is 1. The fourth-order valence-corrected chi connectivity index (χ4v) is 2.22. The van der Waals surface area contributed by atoms with E-state index < -0.39 is 17.6 Å². The Balaban J connectivity index is 2.36. The number of benzene rings is 1. The molecule has 0 aromatic heterocycles. The van der Waals surface area contributed by atoms with Crippen molar-refractivity contribution in [2.45, 2.75) is 13.1 Å². The van der Waals surface area contributed by atoms with Crippen LogP contribution in [0.1, 0.15) is 12.5 Å². The van der Waals surface area contributed by atoms with Crippen LogP contribution in [0.25, 0.3) is 0 Å². The van der Waals surface area contributed by atoms with Gasteiger partial charge < -0.3 is 15.0 Å². The molecule has 7 heteroatoms. The first-order valence-corrected chi connectivity index (χ1v) is 6.89. The maximum Gasteiger partial charge on any atom is 0.416 e. The summed E-state index contributed by atoms with van der Waals surface area (Å²) < 4.78 is 43.8. The zero-order valence-corrected chi connectivity index (χ0v) is 12.1. The van der Waals surface area contributed by atoms with Crippen LogP contribution in [0.5, 0.6) is 0 Å². The van der Waals surface area contributed by atoms with Crippen molar-refractivity contribution in [1.29, 1.82) is 0 Å². The summed E-state index contributed by atoms with van der Waals surface area (Å²) in [4.78, 5) is 13.6. The standard InChI is InChI=1S/C15H17F3N2O2/c1-2-3-14(21)19-12-10-11(15(16,17)18)4-5-13(12)20-6-8-22-9-7-20/h2-5,10H,6-9H2,1H3,(H,19,21)/b3-2-. The number of hydrogen-bond acceptors (Lipinski definition) is 3. The molecule has 0 spiro atoms. The van der Waals surface area contributed by atoms with Gasteiger partial charge in [0.15, 0.2) is 0 Å². The third-order valence-electron chi connectivity index (χ3n) is 3.25. The van der Waals surface area contributed by atoms with E-state index in [1.165, 1.54) is 18.2 Å². The Morgan fingerprint density at radius 2 is 2.00 bits per heavy atom. The van der Waals surface area contributed by atoms with Gasteiger partial charge >= 0.3 is 6.18 Å². The highest BCUT2D eigenvalue weighted by Gasteiger charge is 2.31. The fourth-order valence-electron chi connectivity index (χ4n) is 2.22. The van der Waals surface area contributed by atoms with Crippen LogP contribution >= 0.6 is 0 Å². The zero-order valence-electron chi connectivity index (χ0n) is 12.1. The molecule has 1 heterocycles. The lowest BCUT2D eigenvalue weighted by atomic mass is 10.1. The van der Waals surface area contributed by atoms with Gasteiger partial charge in [-0.3, -0.25) is 4.79 Å². The monoisotopic (exact) mass is 314 g/mol. The number of alkyl halides is 3. The molecule has 0 radical (unpaired) electrons. The van der Waals surface area contributed by atoms with Crippen LogP contribution < -0.4 is 10.2 Å². The minimum absolute atomic E-state index is 0.153. The largest absolute Gasteiger partial charge is 0.416 e. The lowest BCUT2D eigenvalue weighted by molar-refractivity contribution is -0.137. The van der Waals surface area contributed by atoms with E-state index in [1.807, 2.05) is 4.90 Å². The number of carbonyl (C=O) groups is 1. The molecule has 2 rings (SSSR count). The van der Waals surface area contributed by atoms with E-state index >= 15 is 0 Å². The lowest BCUT2D eigenvalue weighted by Gasteiger charge is -2.30. The number of morpholine rings is 1. The van der Waals surface area contributed by atoms with Crippen LogP contribution in [0.2, 0.25) is 0 Å². The molecule has 22 heavy (non-hydrogen) atoms. The number of nitrogens with one attached hydrogen (secondary N) is 1. The molecule has 1 aliphatic rings. The summed E-state index contributed by atoms with van der Waals surface area (Å²) in [5.74, 6) is -0.462. The molecule has 1 aromatic rings. The number of hydrogen-bond donors (Lipinski definition) is 1. The summed E-state index contributed by atoms with van der Waals surface area (Å²) in [5, 5.41) is 2.51. The van der Waals surface area contributed by atoms with E-state index in [0.717, 1.165) is 12.1 Å². The van der Waals surface area contributed by atoms with E-state index in [9.17, 15) is 18.0 Å². The van der Waals surface area contributed by atoms with Gasteiger partial charge in [0.2, 0.25) is 5.91 Å². The first kappa shape index (κ1) is 16.4. The molecule has 0 saturated carbocycles. The van der Waals surface area contributed by atoms with Gasteiger partial charge in [-0.05, 0) is 31.2 Å². The zero-order chi connectivity index (χ0) is 16.2. The Bertz CT molecular complexity index is 564. The van der Waals surface area contributed by atoms with Crippen LogP contribution in [0.15, 0.2) is 30.4 Å². The van der Waals surface area contributed by atoms with Gasteiger partial charge in [-0.25, -0.2) is 0 Å². The first-order chi connectivity index (χ1) is 10.4. The highest BCUT2D eigenvalue weighted by atomic mass is 19.4. The van der Waals surface area contributed by atoms with Crippen LogP contribution in [-0.4, -0.2) is 32.2 Å². The molecule has 0 bridgehead atoms. The molecular weight excluding hydrogens is 297 g/mol. The normalized spacial score (nSPS) is 16.1. The summed E-state index contributed by atoms with van der Waals surface area (Å²) >= 11 is 0. The van der Waals surface area contributed by atoms with Gasteiger partial charge in [0, 0.05) is 13.1 Å². The summed E-state index contributed by atoms with van der Waals surface area (Å²) in [6, 6.07) is 3.38. The topological polar surface area (TPSA) is 41.6 Å². The number of carbonyl (C=O) groups excluding carboxylic acids is 1. The van der Waals surface area contributed by atoms with Crippen LogP contribution in [0.4, 0.5) is 24.5 Å². The average Bonchev–Trinajstić information content (AvgIpc) is 2.47. The van der Waals surface area contributed by atoms with E-state index in [1.54, 1.807) is 6.92 Å². The third-order valence-corrected chi connectivity index (χ3v) is 3.25. The van der Waals surface area contributed by atoms with E-state index in [0.29, 0.717) is 32.0 Å². The molecule has 1 aliphatic heterocycles.